The predicted molar refractivity (Wildman–Crippen MR) is 77.7 cm³/mol. The number of ether oxygens (including phenoxy) is 1. The third-order valence-corrected chi connectivity index (χ3v) is 3.52. The SMILES string of the molecule is O=C(O)CC1=C(C(=O)O)[C@@H]2N=C(c3ccccc3)C=C[C@@H]2O1. The van der Waals surface area contributed by atoms with Crippen molar-refractivity contribution in [1.82, 2.24) is 0 Å². The van der Waals surface area contributed by atoms with Crippen LogP contribution in [-0.4, -0.2) is 40.0 Å². The summed E-state index contributed by atoms with van der Waals surface area (Å²) in [7, 11) is 0. The van der Waals surface area contributed by atoms with Crippen LogP contribution in [0.1, 0.15) is 12.0 Å². The monoisotopic (exact) mass is 299 g/mol. The molecule has 0 spiro atoms. The average molecular weight is 299 g/mol. The van der Waals surface area contributed by atoms with Gasteiger partial charge >= 0.3 is 11.9 Å². The third-order valence-electron chi connectivity index (χ3n) is 3.52. The molecule has 0 amide bonds. The molecule has 1 aromatic rings. The van der Waals surface area contributed by atoms with E-state index in [0.29, 0.717) is 5.71 Å². The second-order valence-electron chi connectivity index (χ2n) is 4.98. The van der Waals surface area contributed by atoms with E-state index in [4.69, 9.17) is 9.84 Å². The van der Waals surface area contributed by atoms with Gasteiger partial charge in [0.25, 0.3) is 0 Å². The van der Waals surface area contributed by atoms with Crippen LogP contribution in [0.2, 0.25) is 0 Å². The molecule has 2 heterocycles. The van der Waals surface area contributed by atoms with Crippen LogP contribution in [0, 0.1) is 0 Å². The minimum Gasteiger partial charge on any atom is -0.487 e. The molecule has 2 atom stereocenters. The molecule has 0 unspecified atom stereocenters. The van der Waals surface area contributed by atoms with Crippen LogP contribution in [0.15, 0.2) is 58.8 Å². The molecule has 1 aromatic carbocycles. The number of fused-ring (bicyclic) bond motifs is 1. The molecule has 6 heteroatoms. The van der Waals surface area contributed by atoms with E-state index in [0.717, 1.165) is 5.56 Å². The Morgan fingerprint density at radius 3 is 2.55 bits per heavy atom. The highest BCUT2D eigenvalue weighted by Gasteiger charge is 2.41. The van der Waals surface area contributed by atoms with Gasteiger partial charge in [-0.15, -0.1) is 0 Å². The number of carbonyl (C=O) groups is 2. The second kappa shape index (κ2) is 5.48. The zero-order valence-corrected chi connectivity index (χ0v) is 11.5. The van der Waals surface area contributed by atoms with E-state index in [-0.39, 0.29) is 11.3 Å². The van der Waals surface area contributed by atoms with Crippen LogP contribution < -0.4 is 0 Å². The number of carboxylic acid groups (broad SMARTS) is 2. The summed E-state index contributed by atoms with van der Waals surface area (Å²) in [4.78, 5) is 26.8. The van der Waals surface area contributed by atoms with E-state index in [1.54, 1.807) is 12.2 Å². The average Bonchev–Trinajstić information content (AvgIpc) is 2.84. The maximum Gasteiger partial charge on any atom is 0.337 e. The lowest BCUT2D eigenvalue weighted by molar-refractivity contribution is -0.136. The van der Waals surface area contributed by atoms with Gasteiger partial charge in [-0.3, -0.25) is 9.79 Å². The quantitative estimate of drug-likeness (QED) is 0.880. The third kappa shape index (κ3) is 2.50. The van der Waals surface area contributed by atoms with Gasteiger partial charge < -0.3 is 14.9 Å². The number of aliphatic imine (C=N–C) groups is 1. The minimum absolute atomic E-state index is 0.0299. The molecule has 22 heavy (non-hydrogen) atoms. The second-order valence-corrected chi connectivity index (χ2v) is 4.98. The Balaban J connectivity index is 1.99. The van der Waals surface area contributed by atoms with Gasteiger partial charge in [0.2, 0.25) is 0 Å². The number of rotatable bonds is 4. The van der Waals surface area contributed by atoms with Gasteiger partial charge in [0, 0.05) is 0 Å². The van der Waals surface area contributed by atoms with Gasteiger partial charge in [-0.25, -0.2) is 4.79 Å². The van der Waals surface area contributed by atoms with Crippen molar-refractivity contribution >= 4 is 17.7 Å². The molecule has 0 saturated heterocycles. The highest BCUT2D eigenvalue weighted by Crippen LogP contribution is 2.33. The van der Waals surface area contributed by atoms with Gasteiger partial charge in [0.05, 0.1) is 5.71 Å². The summed E-state index contributed by atoms with van der Waals surface area (Å²) < 4.78 is 5.46. The number of carboxylic acids is 2. The highest BCUT2D eigenvalue weighted by atomic mass is 16.5. The van der Waals surface area contributed by atoms with E-state index in [9.17, 15) is 14.7 Å². The summed E-state index contributed by atoms with van der Waals surface area (Å²) >= 11 is 0. The fourth-order valence-corrected chi connectivity index (χ4v) is 2.58. The van der Waals surface area contributed by atoms with Crippen LogP contribution in [0.25, 0.3) is 0 Å². The van der Waals surface area contributed by atoms with Crippen molar-refractivity contribution in [2.75, 3.05) is 0 Å². The first-order chi connectivity index (χ1) is 10.6. The number of dihydropyridines is 1. The normalized spacial score (nSPS) is 22.8. The van der Waals surface area contributed by atoms with Gasteiger partial charge in [-0.1, -0.05) is 30.3 Å². The molecule has 0 saturated carbocycles. The maximum absolute atomic E-state index is 11.5. The lowest BCUT2D eigenvalue weighted by Crippen LogP contribution is -2.28. The Kier molecular flexibility index (Phi) is 3.50. The molecule has 2 N–H and O–H groups in total. The Hall–Kier alpha value is -2.89. The molecule has 112 valence electrons. The molecule has 0 radical (unpaired) electrons. The lowest BCUT2D eigenvalue weighted by atomic mass is 9.97. The smallest absolute Gasteiger partial charge is 0.337 e. The van der Waals surface area contributed by atoms with E-state index < -0.39 is 30.5 Å². The maximum atomic E-state index is 11.5. The van der Waals surface area contributed by atoms with E-state index >= 15 is 0 Å². The Morgan fingerprint density at radius 1 is 1.18 bits per heavy atom. The Bertz CT molecular complexity index is 717. The predicted octanol–water partition coefficient (Wildman–Crippen LogP) is 1.63. The molecule has 2 aliphatic rings. The molecule has 0 aliphatic carbocycles. The highest BCUT2D eigenvalue weighted by molar-refractivity contribution is 6.10. The van der Waals surface area contributed by atoms with Crippen LogP contribution >= 0.6 is 0 Å². The molecule has 3 rings (SSSR count). The minimum atomic E-state index is -1.20. The summed E-state index contributed by atoms with van der Waals surface area (Å²) in [5.74, 6) is -2.36. The number of aliphatic carboxylic acids is 2. The fraction of sp³-hybridized carbons (Fsp3) is 0.188. The van der Waals surface area contributed by atoms with Gasteiger partial charge in [-0.05, 0) is 17.7 Å². The van der Waals surface area contributed by atoms with Crippen molar-refractivity contribution in [2.24, 2.45) is 4.99 Å². The largest absolute Gasteiger partial charge is 0.487 e. The Morgan fingerprint density at radius 2 is 1.91 bits per heavy atom. The molecular formula is C16H13NO5. The van der Waals surface area contributed by atoms with Crippen molar-refractivity contribution in [3.05, 3.63) is 59.4 Å². The van der Waals surface area contributed by atoms with E-state index in [2.05, 4.69) is 4.99 Å². The van der Waals surface area contributed by atoms with Crippen LogP contribution in [-0.2, 0) is 14.3 Å². The zero-order chi connectivity index (χ0) is 15.7. The first kappa shape index (κ1) is 14.1. The summed E-state index contributed by atoms with van der Waals surface area (Å²) in [6.45, 7) is 0. The lowest BCUT2D eigenvalue weighted by Gasteiger charge is -2.19. The van der Waals surface area contributed by atoms with Gasteiger partial charge in [0.1, 0.15) is 29.9 Å². The first-order valence-corrected chi connectivity index (χ1v) is 6.72. The molecule has 6 nitrogen and oxygen atoms in total. The summed E-state index contributed by atoms with van der Waals surface area (Å²) in [6, 6.07) is 8.65. The number of benzene rings is 1. The zero-order valence-electron chi connectivity index (χ0n) is 11.5. The molecule has 0 aromatic heterocycles. The topological polar surface area (TPSA) is 96.2 Å². The van der Waals surface area contributed by atoms with Crippen molar-refractivity contribution < 1.29 is 24.5 Å². The number of hydrogen-bond acceptors (Lipinski definition) is 4. The number of nitrogens with zero attached hydrogens (tertiary/aromatic N) is 1. The summed E-state index contributed by atoms with van der Waals surface area (Å²) in [6.07, 6.45) is 2.46. The first-order valence-electron chi connectivity index (χ1n) is 6.72. The number of allylic oxidation sites excluding steroid dienone is 1. The molecule has 0 fully saturated rings. The van der Waals surface area contributed by atoms with Gasteiger partial charge in [0.15, 0.2) is 0 Å². The van der Waals surface area contributed by atoms with Crippen molar-refractivity contribution in [3.63, 3.8) is 0 Å². The van der Waals surface area contributed by atoms with Crippen LogP contribution in [0.5, 0.6) is 0 Å². The summed E-state index contributed by atoms with van der Waals surface area (Å²) in [5.41, 5.74) is 1.44. The van der Waals surface area contributed by atoms with Crippen LogP contribution in [0.4, 0.5) is 0 Å². The standard InChI is InChI=1S/C16H13NO5/c18-13(19)8-12-14(16(20)21)15-11(22-12)7-6-10(17-15)9-4-2-1-3-5-9/h1-7,11,15H,8H2,(H,18,19)(H,20,21)/t11-,15+/m0/s1. The van der Waals surface area contributed by atoms with E-state index in [1.807, 2.05) is 30.3 Å². The molecule has 2 aliphatic heterocycles. The Labute approximate surface area is 126 Å². The molecule has 0 bridgehead atoms. The van der Waals surface area contributed by atoms with Crippen molar-refractivity contribution in [1.29, 1.82) is 0 Å². The summed E-state index contributed by atoms with van der Waals surface area (Å²) in [5, 5.41) is 18.2. The van der Waals surface area contributed by atoms with Crippen molar-refractivity contribution in [3.8, 4) is 0 Å². The van der Waals surface area contributed by atoms with Gasteiger partial charge in [-0.2, -0.15) is 0 Å². The fourth-order valence-electron chi connectivity index (χ4n) is 2.58. The van der Waals surface area contributed by atoms with Crippen molar-refractivity contribution in [2.45, 2.75) is 18.6 Å². The van der Waals surface area contributed by atoms with Crippen LogP contribution in [0.3, 0.4) is 0 Å². The molecular weight excluding hydrogens is 286 g/mol. The van der Waals surface area contributed by atoms with E-state index in [1.165, 1.54) is 0 Å². The number of hydrogen-bond donors (Lipinski definition) is 2.